The Bertz CT molecular complexity index is 1310. The molecule has 0 unspecified atom stereocenters. The lowest BCUT2D eigenvalue weighted by molar-refractivity contribution is 1.48. The minimum atomic E-state index is 1.08. The molecule has 0 amide bonds. The lowest BCUT2D eigenvalue weighted by atomic mass is 10.2. The molecule has 0 spiro atoms. The lowest BCUT2D eigenvalue weighted by Gasteiger charge is -1.83. The molecule has 0 aliphatic carbocycles. The summed E-state index contributed by atoms with van der Waals surface area (Å²) in [5.41, 5.74) is 4.57. The summed E-state index contributed by atoms with van der Waals surface area (Å²) in [6.07, 6.45) is 13.8. The fraction of sp³-hybridized carbons (Fsp3) is 0.163. The summed E-state index contributed by atoms with van der Waals surface area (Å²) in [6, 6.07) is 40.1. The van der Waals surface area contributed by atoms with Gasteiger partial charge in [0.05, 0.1) is 0 Å². The highest BCUT2D eigenvalue weighted by Gasteiger charge is 1.79. The normalized spacial score (nSPS) is 6.79. The van der Waals surface area contributed by atoms with E-state index in [1.54, 1.807) is 20.8 Å². The Hall–Kier alpha value is -5.76. The Balaban J connectivity index is -0.000000455. The highest BCUT2D eigenvalue weighted by atomic mass is 13.8. The van der Waals surface area contributed by atoms with Gasteiger partial charge in [0.25, 0.3) is 0 Å². The summed E-state index contributed by atoms with van der Waals surface area (Å²) < 4.78 is 0. The Kier molecular flexibility index (Phi) is 35.2. The second kappa shape index (κ2) is 36.2. The van der Waals surface area contributed by atoms with Crippen LogP contribution >= 0.6 is 0 Å². The van der Waals surface area contributed by atoms with E-state index < -0.39 is 0 Å². The molecule has 0 nitrogen and oxygen atoms in total. The molecule has 0 aromatic heterocycles. The molecule has 0 heterocycles. The molecular weight excluding hydrogens is 516 g/mol. The Morgan fingerprint density at radius 1 is 0.349 bits per heavy atom. The van der Waals surface area contributed by atoms with E-state index in [2.05, 4.69) is 91.6 Å². The van der Waals surface area contributed by atoms with E-state index >= 15 is 0 Å². The summed E-state index contributed by atoms with van der Waals surface area (Å²) >= 11 is 0. The van der Waals surface area contributed by atoms with Crippen molar-refractivity contribution in [1.29, 1.82) is 0 Å². The van der Waals surface area contributed by atoms with Gasteiger partial charge in [-0.15, -0.1) is 54.8 Å². The van der Waals surface area contributed by atoms with Gasteiger partial charge in [-0.1, -0.05) is 108 Å². The van der Waals surface area contributed by atoms with Crippen LogP contribution in [0.25, 0.3) is 0 Å². The van der Waals surface area contributed by atoms with E-state index in [0.29, 0.717) is 0 Å². The van der Waals surface area contributed by atoms with Gasteiger partial charge in [0.15, 0.2) is 0 Å². The summed E-state index contributed by atoms with van der Waals surface area (Å²) in [7, 11) is 0. The largest absolute Gasteiger partial charge is 0.120 e. The average molecular weight is 561 g/mol. The van der Waals surface area contributed by atoms with Crippen molar-refractivity contribution in [3.8, 4) is 72.6 Å². The van der Waals surface area contributed by atoms with Crippen LogP contribution < -0.4 is 0 Å². The molecule has 0 fully saturated rings. The topological polar surface area (TPSA) is 0 Å². The van der Waals surface area contributed by atoms with Crippen molar-refractivity contribution in [2.75, 3.05) is 0 Å². The molecule has 216 valence electrons. The van der Waals surface area contributed by atoms with Gasteiger partial charge in [-0.25, -0.2) is 0 Å². The first kappa shape index (κ1) is 41.7. The van der Waals surface area contributed by atoms with Gasteiger partial charge in [-0.3, -0.25) is 0 Å². The Morgan fingerprint density at radius 3 is 0.674 bits per heavy atom. The van der Waals surface area contributed by atoms with Gasteiger partial charge in [0.1, 0.15) is 0 Å². The fourth-order valence-corrected chi connectivity index (χ4v) is 2.53. The Labute approximate surface area is 264 Å². The fourth-order valence-electron chi connectivity index (χ4n) is 2.53. The first-order valence-corrected chi connectivity index (χ1v) is 13.5. The predicted octanol–water partition coefficient (Wildman–Crippen LogP) is 10.1. The number of hydrogen-bond acceptors (Lipinski definition) is 0. The van der Waals surface area contributed by atoms with Gasteiger partial charge in [0, 0.05) is 16.7 Å². The van der Waals surface area contributed by atoms with E-state index in [9.17, 15) is 0 Å². The second-order valence-electron chi connectivity index (χ2n) is 7.74. The molecule has 4 aromatic rings. The molecule has 43 heavy (non-hydrogen) atoms. The molecule has 0 radical (unpaired) electrons. The molecule has 0 heteroatoms. The number of rotatable bonds is 0. The van der Waals surface area contributed by atoms with Crippen LogP contribution in [0.4, 0.5) is 0 Å². The maximum atomic E-state index is 4.60. The lowest BCUT2D eigenvalue weighted by Crippen LogP contribution is -1.67. The third-order valence-electron chi connectivity index (χ3n) is 4.07. The van der Waals surface area contributed by atoms with Gasteiger partial charge in [-0.2, -0.15) is 0 Å². The van der Waals surface area contributed by atoms with Crippen molar-refractivity contribution in [2.24, 2.45) is 0 Å². The zero-order valence-electron chi connectivity index (χ0n) is 26.8. The van der Waals surface area contributed by atoms with E-state index in [4.69, 9.17) is 0 Å². The van der Waals surface area contributed by atoms with E-state index in [1.807, 2.05) is 130 Å². The van der Waals surface area contributed by atoms with Gasteiger partial charge in [-0.05, 0) is 84.9 Å². The molecule has 4 aromatic carbocycles. The third-order valence-corrected chi connectivity index (χ3v) is 4.07. The van der Waals surface area contributed by atoms with Crippen LogP contribution in [0.1, 0.15) is 63.8 Å². The highest BCUT2D eigenvalue weighted by molar-refractivity contribution is 5.34. The molecule has 0 aliphatic rings. The average Bonchev–Trinajstić information content (AvgIpc) is 3.02. The standard InChI is InChI=1S/3C9H8.C7H8.3C3H4/c3*1-2-6-9-7-4-3-5-8-9;1-7-5-3-2-4-6-7;3*1-3-2/h3*3-5,7-8H,1H3;2-6H,1H3;3*1H,2H3. The molecule has 0 aliphatic heterocycles. The zero-order valence-corrected chi connectivity index (χ0v) is 26.8. The number of terminal acetylenes is 3. The van der Waals surface area contributed by atoms with E-state index in [0.717, 1.165) is 16.7 Å². The molecule has 0 saturated carbocycles. The SMILES string of the molecule is C#CC.C#CC.C#CC.CC#Cc1ccccc1.CC#Cc1ccccc1.CC#Cc1ccccc1.Cc1ccccc1. The van der Waals surface area contributed by atoms with Crippen LogP contribution in [-0.2, 0) is 0 Å². The summed E-state index contributed by atoms with van der Waals surface area (Å²) in [5, 5.41) is 0. The zero-order chi connectivity index (χ0) is 32.8. The predicted molar refractivity (Wildman–Crippen MR) is 192 cm³/mol. The van der Waals surface area contributed by atoms with Crippen molar-refractivity contribution in [3.05, 3.63) is 144 Å². The van der Waals surface area contributed by atoms with Crippen molar-refractivity contribution in [3.63, 3.8) is 0 Å². The minimum absolute atomic E-state index is 1.08. The highest BCUT2D eigenvalue weighted by Crippen LogP contribution is 1.95. The molecule has 0 bridgehead atoms. The molecule has 0 N–H and O–H groups in total. The van der Waals surface area contributed by atoms with Gasteiger partial charge < -0.3 is 0 Å². The first-order chi connectivity index (χ1) is 20.9. The number of benzene rings is 4. The first-order valence-electron chi connectivity index (χ1n) is 13.5. The third kappa shape index (κ3) is 34.2. The minimum Gasteiger partial charge on any atom is -0.120 e. The van der Waals surface area contributed by atoms with Crippen molar-refractivity contribution in [1.82, 2.24) is 0 Å². The van der Waals surface area contributed by atoms with Crippen molar-refractivity contribution in [2.45, 2.75) is 48.5 Å². The van der Waals surface area contributed by atoms with Crippen molar-refractivity contribution < 1.29 is 0 Å². The molecule has 0 atom stereocenters. The van der Waals surface area contributed by atoms with Crippen molar-refractivity contribution >= 4 is 0 Å². The van der Waals surface area contributed by atoms with E-state index in [1.165, 1.54) is 5.56 Å². The molecule has 4 rings (SSSR count). The van der Waals surface area contributed by atoms with Gasteiger partial charge in [0.2, 0.25) is 0 Å². The van der Waals surface area contributed by atoms with Crippen LogP contribution in [0.15, 0.2) is 121 Å². The summed E-state index contributed by atoms with van der Waals surface area (Å²) in [6.45, 7) is 12.6. The quantitative estimate of drug-likeness (QED) is 0.188. The second-order valence-corrected chi connectivity index (χ2v) is 7.74. The summed E-state index contributed by atoms with van der Waals surface area (Å²) in [5.74, 6) is 24.1. The van der Waals surface area contributed by atoms with E-state index in [-0.39, 0.29) is 0 Å². The van der Waals surface area contributed by atoms with Crippen LogP contribution in [0.3, 0.4) is 0 Å². The van der Waals surface area contributed by atoms with Crippen LogP contribution in [0, 0.1) is 79.5 Å². The maximum absolute atomic E-state index is 4.60. The van der Waals surface area contributed by atoms with Crippen LogP contribution in [0.2, 0.25) is 0 Å². The van der Waals surface area contributed by atoms with Crippen LogP contribution in [-0.4, -0.2) is 0 Å². The number of hydrogen-bond donors (Lipinski definition) is 0. The Morgan fingerprint density at radius 2 is 0.535 bits per heavy atom. The van der Waals surface area contributed by atoms with Gasteiger partial charge >= 0.3 is 0 Å². The summed E-state index contributed by atoms with van der Waals surface area (Å²) in [4.78, 5) is 0. The molecular formula is C43H44. The number of aryl methyl sites for hydroxylation is 1. The maximum Gasteiger partial charge on any atom is 0.0245 e. The monoisotopic (exact) mass is 560 g/mol. The van der Waals surface area contributed by atoms with Crippen LogP contribution in [0.5, 0.6) is 0 Å². The smallest absolute Gasteiger partial charge is 0.0245 e. The molecule has 0 saturated heterocycles.